The summed E-state index contributed by atoms with van der Waals surface area (Å²) in [5.41, 5.74) is 0.613. The third-order valence-electron chi connectivity index (χ3n) is 3.78. The molecular formula is C15H15BrFN5O3S. The maximum atomic E-state index is 13.3. The number of halogens is 2. The fourth-order valence-corrected chi connectivity index (χ4v) is 3.30. The van der Waals surface area contributed by atoms with E-state index in [1.54, 1.807) is 0 Å². The summed E-state index contributed by atoms with van der Waals surface area (Å²) in [5, 5.41) is 25.9. The molecular weight excluding hydrogens is 429 g/mol. The van der Waals surface area contributed by atoms with Crippen LogP contribution in [0.25, 0.3) is 0 Å². The van der Waals surface area contributed by atoms with Crippen LogP contribution in [0.3, 0.4) is 0 Å². The smallest absolute Gasteiger partial charge is 0.230 e. The number of amidine groups is 1. The molecule has 1 aliphatic carbocycles. The van der Waals surface area contributed by atoms with E-state index in [2.05, 4.69) is 42.0 Å². The van der Waals surface area contributed by atoms with E-state index in [9.17, 15) is 14.4 Å². The average molecular weight is 444 g/mol. The Morgan fingerprint density at radius 2 is 2.27 bits per heavy atom. The molecule has 1 aromatic heterocycles. The van der Waals surface area contributed by atoms with E-state index in [0.29, 0.717) is 10.7 Å². The number of hydrogen-bond acceptors (Lipinski definition) is 7. The Hall–Kier alpha value is -2.14. The Labute approximate surface area is 160 Å². The summed E-state index contributed by atoms with van der Waals surface area (Å²) in [5.74, 6) is -0.425. The van der Waals surface area contributed by atoms with Gasteiger partial charge in [-0.15, -0.1) is 0 Å². The molecule has 3 N–H and O–H groups in total. The molecule has 0 spiro atoms. The molecule has 0 atom stereocenters. The SMILES string of the molecule is O=C(CSc1nonc1C(=NO)Nc1ccc(F)c(Br)c1)NC1CCC1. The van der Waals surface area contributed by atoms with Crippen LogP contribution in [0.5, 0.6) is 0 Å². The lowest BCUT2D eigenvalue weighted by Crippen LogP contribution is -2.40. The predicted molar refractivity (Wildman–Crippen MR) is 96.8 cm³/mol. The minimum Gasteiger partial charge on any atom is -0.409 e. The van der Waals surface area contributed by atoms with Gasteiger partial charge in [-0.1, -0.05) is 16.9 Å². The largest absolute Gasteiger partial charge is 0.409 e. The quantitative estimate of drug-likeness (QED) is 0.206. The van der Waals surface area contributed by atoms with Gasteiger partial charge in [0.15, 0.2) is 10.7 Å². The van der Waals surface area contributed by atoms with Gasteiger partial charge >= 0.3 is 0 Å². The summed E-state index contributed by atoms with van der Waals surface area (Å²) in [7, 11) is 0. The first-order chi connectivity index (χ1) is 12.6. The Morgan fingerprint density at radius 1 is 1.46 bits per heavy atom. The van der Waals surface area contributed by atoms with Crippen molar-refractivity contribution in [1.29, 1.82) is 0 Å². The van der Waals surface area contributed by atoms with Crippen LogP contribution in [0.1, 0.15) is 25.0 Å². The van der Waals surface area contributed by atoms with E-state index in [-0.39, 0.29) is 33.7 Å². The van der Waals surface area contributed by atoms with Gasteiger partial charge < -0.3 is 15.8 Å². The van der Waals surface area contributed by atoms with Crippen molar-refractivity contribution in [3.63, 3.8) is 0 Å². The van der Waals surface area contributed by atoms with E-state index in [4.69, 9.17) is 4.63 Å². The minimum absolute atomic E-state index is 0.0355. The number of benzene rings is 1. The van der Waals surface area contributed by atoms with Crippen LogP contribution in [-0.2, 0) is 4.79 Å². The van der Waals surface area contributed by atoms with Crippen LogP contribution in [0.2, 0.25) is 0 Å². The Bertz CT molecular complexity index is 827. The molecule has 1 saturated carbocycles. The molecule has 138 valence electrons. The zero-order valence-corrected chi connectivity index (χ0v) is 15.8. The molecule has 1 amide bonds. The molecule has 26 heavy (non-hydrogen) atoms. The fraction of sp³-hybridized carbons (Fsp3) is 0.333. The zero-order chi connectivity index (χ0) is 18.5. The predicted octanol–water partition coefficient (Wildman–Crippen LogP) is 2.98. The van der Waals surface area contributed by atoms with Gasteiger partial charge in [0.25, 0.3) is 0 Å². The van der Waals surface area contributed by atoms with Crippen LogP contribution in [0.15, 0.2) is 37.5 Å². The van der Waals surface area contributed by atoms with Crippen LogP contribution >= 0.6 is 27.7 Å². The maximum Gasteiger partial charge on any atom is 0.230 e. The number of hydrogen-bond donors (Lipinski definition) is 3. The van der Waals surface area contributed by atoms with Crippen molar-refractivity contribution >= 4 is 45.1 Å². The van der Waals surface area contributed by atoms with Crippen molar-refractivity contribution in [2.24, 2.45) is 5.16 Å². The molecule has 0 unspecified atom stereocenters. The Balaban J connectivity index is 1.64. The number of oxime groups is 1. The number of carbonyl (C=O) groups excluding carboxylic acids is 1. The third-order valence-corrected chi connectivity index (χ3v) is 5.33. The second-order valence-electron chi connectivity index (χ2n) is 5.60. The molecule has 8 nitrogen and oxygen atoms in total. The van der Waals surface area contributed by atoms with Crippen molar-refractivity contribution in [2.75, 3.05) is 11.1 Å². The standard InChI is InChI=1S/C15H15BrFN5O3S/c16-10-6-9(4-5-11(10)17)19-14(20-24)13-15(22-25-21-13)26-7-12(23)18-8-2-1-3-8/h4-6,8,24H,1-3,7H2,(H,18,23)(H,19,20). The van der Waals surface area contributed by atoms with E-state index in [1.165, 1.54) is 18.2 Å². The number of nitrogens with zero attached hydrogens (tertiary/aromatic N) is 3. The lowest BCUT2D eigenvalue weighted by molar-refractivity contribution is -0.119. The lowest BCUT2D eigenvalue weighted by Gasteiger charge is -2.26. The molecule has 0 saturated heterocycles. The van der Waals surface area contributed by atoms with Crippen LogP contribution in [0.4, 0.5) is 10.1 Å². The highest BCUT2D eigenvalue weighted by Crippen LogP contribution is 2.24. The van der Waals surface area contributed by atoms with Crippen LogP contribution in [0, 0.1) is 5.82 Å². The van der Waals surface area contributed by atoms with Crippen LogP contribution < -0.4 is 10.6 Å². The number of nitrogens with one attached hydrogen (secondary N) is 2. The maximum absolute atomic E-state index is 13.3. The molecule has 0 bridgehead atoms. The van der Waals surface area contributed by atoms with Crippen LogP contribution in [-0.4, -0.2) is 39.1 Å². The van der Waals surface area contributed by atoms with Gasteiger partial charge in [-0.25, -0.2) is 9.02 Å². The molecule has 0 radical (unpaired) electrons. The van der Waals surface area contributed by atoms with Gasteiger partial charge in [0.2, 0.25) is 11.7 Å². The molecule has 0 aliphatic heterocycles. The summed E-state index contributed by atoms with van der Waals surface area (Å²) in [4.78, 5) is 11.9. The van der Waals surface area contributed by atoms with E-state index in [1.807, 2.05) is 0 Å². The highest BCUT2D eigenvalue weighted by molar-refractivity contribution is 9.10. The lowest BCUT2D eigenvalue weighted by atomic mass is 9.93. The second-order valence-corrected chi connectivity index (χ2v) is 7.42. The third kappa shape index (κ3) is 4.52. The monoisotopic (exact) mass is 443 g/mol. The summed E-state index contributed by atoms with van der Waals surface area (Å²) in [6.45, 7) is 0. The first-order valence-corrected chi connectivity index (χ1v) is 9.54. The van der Waals surface area contributed by atoms with Gasteiger partial charge in [0.05, 0.1) is 10.2 Å². The normalized spacial score (nSPS) is 14.8. The summed E-state index contributed by atoms with van der Waals surface area (Å²) >= 11 is 4.20. The number of rotatable bonds is 6. The van der Waals surface area contributed by atoms with Gasteiger partial charge in [0.1, 0.15) is 5.82 Å². The number of thioether (sulfide) groups is 1. The fourth-order valence-electron chi connectivity index (χ4n) is 2.22. The molecule has 1 aromatic carbocycles. The van der Waals surface area contributed by atoms with Crippen molar-refractivity contribution in [1.82, 2.24) is 15.6 Å². The second kappa shape index (κ2) is 8.49. The molecule has 1 aliphatic rings. The van der Waals surface area contributed by atoms with Crippen molar-refractivity contribution in [2.45, 2.75) is 30.3 Å². The minimum atomic E-state index is -0.421. The van der Waals surface area contributed by atoms with E-state index >= 15 is 0 Å². The van der Waals surface area contributed by atoms with Crippen molar-refractivity contribution < 1.29 is 19.0 Å². The summed E-state index contributed by atoms with van der Waals surface area (Å²) in [6.07, 6.45) is 3.15. The van der Waals surface area contributed by atoms with E-state index < -0.39 is 5.82 Å². The molecule has 1 heterocycles. The zero-order valence-electron chi connectivity index (χ0n) is 13.4. The number of carbonyl (C=O) groups is 1. The Kier molecular flexibility index (Phi) is 6.09. The summed E-state index contributed by atoms with van der Waals surface area (Å²) in [6, 6.07) is 4.46. The van der Waals surface area contributed by atoms with Gasteiger partial charge in [-0.2, -0.15) is 0 Å². The first-order valence-electron chi connectivity index (χ1n) is 7.76. The van der Waals surface area contributed by atoms with E-state index in [0.717, 1.165) is 31.0 Å². The topological polar surface area (TPSA) is 113 Å². The first kappa shape index (κ1) is 18.6. The highest BCUT2D eigenvalue weighted by atomic mass is 79.9. The highest BCUT2D eigenvalue weighted by Gasteiger charge is 2.22. The molecule has 11 heteroatoms. The number of aromatic nitrogens is 2. The Morgan fingerprint density at radius 3 is 2.92 bits per heavy atom. The van der Waals surface area contributed by atoms with Gasteiger partial charge in [-0.05, 0) is 63.7 Å². The summed E-state index contributed by atoms with van der Waals surface area (Å²) < 4.78 is 18.3. The average Bonchev–Trinajstić information content (AvgIpc) is 3.05. The molecule has 3 rings (SSSR count). The molecule has 2 aromatic rings. The number of anilines is 1. The van der Waals surface area contributed by atoms with Gasteiger partial charge in [-0.3, -0.25) is 4.79 Å². The van der Waals surface area contributed by atoms with Crippen molar-refractivity contribution in [3.8, 4) is 0 Å². The number of amides is 1. The molecule has 1 fully saturated rings. The van der Waals surface area contributed by atoms with Gasteiger partial charge in [0, 0.05) is 11.7 Å². The van der Waals surface area contributed by atoms with Crippen molar-refractivity contribution in [3.05, 3.63) is 34.2 Å².